The van der Waals surface area contributed by atoms with Gasteiger partial charge in [0.15, 0.2) is 0 Å². The molecule has 0 aliphatic rings. The number of nitrogens with one attached hydrogen (secondary N) is 1. The van der Waals surface area contributed by atoms with Gasteiger partial charge in [0, 0.05) is 18.3 Å². The predicted octanol–water partition coefficient (Wildman–Crippen LogP) is 1.33. The monoisotopic (exact) mass is 225 g/mol. The van der Waals surface area contributed by atoms with E-state index < -0.39 is 0 Å². The van der Waals surface area contributed by atoms with E-state index in [9.17, 15) is 5.11 Å². The number of aliphatic hydroxyl groups is 1. The molecule has 4 heteroatoms. The molecule has 1 aromatic rings. The Balaban J connectivity index is 2.39. The van der Waals surface area contributed by atoms with E-state index in [1.165, 1.54) is 0 Å². The number of aromatic nitrogens is 2. The van der Waals surface area contributed by atoms with Crippen molar-refractivity contribution in [3.8, 4) is 0 Å². The zero-order valence-corrected chi connectivity index (χ0v) is 10.5. The maximum absolute atomic E-state index is 9.39. The molecule has 0 bridgehead atoms. The summed E-state index contributed by atoms with van der Waals surface area (Å²) in [6.45, 7) is 5.20. The van der Waals surface area contributed by atoms with Crippen LogP contribution in [0.25, 0.3) is 0 Å². The Morgan fingerprint density at radius 1 is 1.56 bits per heavy atom. The summed E-state index contributed by atoms with van der Waals surface area (Å²) in [4.78, 5) is 0. The first-order chi connectivity index (χ1) is 7.65. The van der Waals surface area contributed by atoms with Crippen LogP contribution in [0.5, 0.6) is 0 Å². The Morgan fingerprint density at radius 3 is 2.75 bits per heavy atom. The quantitative estimate of drug-likeness (QED) is 0.736. The molecule has 1 rings (SSSR count). The van der Waals surface area contributed by atoms with Crippen LogP contribution in [0, 0.1) is 6.92 Å². The minimum Gasteiger partial charge on any atom is -0.394 e. The average molecular weight is 225 g/mol. The number of nitrogens with zero attached hydrogens (tertiary/aromatic N) is 2. The summed E-state index contributed by atoms with van der Waals surface area (Å²) in [6, 6.07) is 2.01. The maximum atomic E-state index is 9.39. The van der Waals surface area contributed by atoms with Crippen LogP contribution in [0.1, 0.15) is 31.9 Å². The van der Waals surface area contributed by atoms with Gasteiger partial charge in [0.1, 0.15) is 0 Å². The summed E-state index contributed by atoms with van der Waals surface area (Å²) in [6.07, 6.45) is 4.94. The van der Waals surface area contributed by atoms with Crippen molar-refractivity contribution < 1.29 is 5.11 Å². The van der Waals surface area contributed by atoms with Crippen LogP contribution < -0.4 is 5.32 Å². The molecule has 1 atom stereocenters. The molecule has 0 spiro atoms. The van der Waals surface area contributed by atoms with Gasteiger partial charge < -0.3 is 10.4 Å². The van der Waals surface area contributed by atoms with Gasteiger partial charge in [-0.1, -0.05) is 6.92 Å². The van der Waals surface area contributed by atoms with E-state index in [1.54, 1.807) is 0 Å². The first kappa shape index (κ1) is 13.2. The minimum absolute atomic E-state index is 0.123. The number of aryl methyl sites for hydroxylation is 2. The van der Waals surface area contributed by atoms with E-state index in [-0.39, 0.29) is 12.1 Å². The lowest BCUT2D eigenvalue weighted by Gasteiger charge is -2.30. The topological polar surface area (TPSA) is 50.1 Å². The van der Waals surface area contributed by atoms with Crippen LogP contribution in [0.4, 0.5) is 0 Å². The highest BCUT2D eigenvalue weighted by atomic mass is 16.3. The smallest absolute Gasteiger partial charge is 0.0613 e. The molecule has 0 aromatic carbocycles. The van der Waals surface area contributed by atoms with E-state index in [1.807, 2.05) is 30.9 Å². The molecule has 1 heterocycles. The van der Waals surface area contributed by atoms with Gasteiger partial charge in [-0.3, -0.25) is 4.68 Å². The van der Waals surface area contributed by atoms with Crippen LogP contribution in [0.3, 0.4) is 0 Å². The fraction of sp³-hybridized carbons (Fsp3) is 0.750. The number of hydrogen-bond donors (Lipinski definition) is 2. The zero-order valence-electron chi connectivity index (χ0n) is 10.5. The largest absolute Gasteiger partial charge is 0.394 e. The molecule has 0 aliphatic heterocycles. The van der Waals surface area contributed by atoms with Crippen molar-refractivity contribution in [3.05, 3.63) is 18.0 Å². The van der Waals surface area contributed by atoms with Crippen molar-refractivity contribution in [1.82, 2.24) is 15.1 Å². The molecule has 0 aliphatic carbocycles. The first-order valence-corrected chi connectivity index (χ1v) is 5.95. The Bertz CT molecular complexity index is 297. The molecular weight excluding hydrogens is 202 g/mol. The van der Waals surface area contributed by atoms with Gasteiger partial charge in [0.25, 0.3) is 0 Å². The first-order valence-electron chi connectivity index (χ1n) is 5.95. The highest BCUT2D eigenvalue weighted by Crippen LogP contribution is 2.16. The number of aliphatic hydroxyl groups excluding tert-OH is 1. The second-order valence-electron chi connectivity index (χ2n) is 4.37. The molecular formula is C12H23N3O. The van der Waals surface area contributed by atoms with E-state index in [0.29, 0.717) is 0 Å². The summed E-state index contributed by atoms with van der Waals surface area (Å²) in [5, 5.41) is 17.0. The Kier molecular flexibility index (Phi) is 4.96. The van der Waals surface area contributed by atoms with Crippen molar-refractivity contribution in [1.29, 1.82) is 0 Å². The van der Waals surface area contributed by atoms with Crippen LogP contribution in [0.2, 0.25) is 0 Å². The van der Waals surface area contributed by atoms with Crippen LogP contribution >= 0.6 is 0 Å². The van der Waals surface area contributed by atoms with Crippen molar-refractivity contribution in [3.63, 3.8) is 0 Å². The lowest BCUT2D eigenvalue weighted by Crippen LogP contribution is -2.46. The third-order valence-corrected chi connectivity index (χ3v) is 3.33. The normalized spacial score (nSPS) is 15.0. The third-order valence-electron chi connectivity index (χ3n) is 3.33. The van der Waals surface area contributed by atoms with E-state index in [2.05, 4.69) is 17.3 Å². The van der Waals surface area contributed by atoms with Crippen molar-refractivity contribution in [2.75, 3.05) is 13.7 Å². The number of hydrogen-bond acceptors (Lipinski definition) is 3. The van der Waals surface area contributed by atoms with Gasteiger partial charge in [-0.2, -0.15) is 5.10 Å². The average Bonchev–Trinajstić information content (AvgIpc) is 2.71. The molecule has 16 heavy (non-hydrogen) atoms. The fourth-order valence-electron chi connectivity index (χ4n) is 1.92. The standard InChI is InChI=1S/C12H23N3O/c1-4-12(10-16,13-3)7-5-8-15-9-6-11(2)14-15/h6,9,13,16H,4-5,7-8,10H2,1-3H3. The van der Waals surface area contributed by atoms with Crippen molar-refractivity contribution in [2.24, 2.45) is 0 Å². The van der Waals surface area contributed by atoms with Crippen LogP contribution in [0.15, 0.2) is 12.3 Å². The summed E-state index contributed by atoms with van der Waals surface area (Å²) in [5.41, 5.74) is 0.930. The molecule has 0 amide bonds. The van der Waals surface area contributed by atoms with Crippen LogP contribution in [-0.2, 0) is 6.54 Å². The van der Waals surface area contributed by atoms with Gasteiger partial charge in [-0.15, -0.1) is 0 Å². The number of likely N-dealkylation sites (N-methyl/N-ethyl adjacent to an activating group) is 1. The lowest BCUT2D eigenvalue weighted by molar-refractivity contribution is 0.150. The van der Waals surface area contributed by atoms with Crippen molar-refractivity contribution in [2.45, 2.75) is 45.2 Å². The molecule has 92 valence electrons. The second kappa shape index (κ2) is 6.01. The fourth-order valence-corrected chi connectivity index (χ4v) is 1.92. The Morgan fingerprint density at radius 2 is 2.31 bits per heavy atom. The lowest BCUT2D eigenvalue weighted by atomic mass is 9.91. The maximum Gasteiger partial charge on any atom is 0.0613 e. The summed E-state index contributed by atoms with van der Waals surface area (Å²) in [5.74, 6) is 0. The molecule has 1 aromatic heterocycles. The van der Waals surface area contributed by atoms with E-state index >= 15 is 0 Å². The van der Waals surface area contributed by atoms with Gasteiger partial charge in [0.2, 0.25) is 0 Å². The summed E-state index contributed by atoms with van der Waals surface area (Å²) < 4.78 is 1.96. The molecule has 2 N–H and O–H groups in total. The second-order valence-corrected chi connectivity index (χ2v) is 4.37. The molecule has 0 saturated carbocycles. The third kappa shape index (κ3) is 3.32. The molecule has 0 saturated heterocycles. The highest BCUT2D eigenvalue weighted by Gasteiger charge is 2.24. The highest BCUT2D eigenvalue weighted by molar-refractivity contribution is 4.94. The molecule has 4 nitrogen and oxygen atoms in total. The van der Waals surface area contributed by atoms with Crippen molar-refractivity contribution >= 4 is 0 Å². The summed E-state index contributed by atoms with van der Waals surface area (Å²) in [7, 11) is 1.91. The predicted molar refractivity (Wildman–Crippen MR) is 65.4 cm³/mol. The van der Waals surface area contributed by atoms with Gasteiger partial charge in [0.05, 0.1) is 12.3 Å². The molecule has 1 unspecified atom stereocenters. The minimum atomic E-state index is -0.123. The molecule has 0 fully saturated rings. The number of rotatable bonds is 7. The Labute approximate surface area is 97.7 Å². The van der Waals surface area contributed by atoms with Crippen LogP contribution in [-0.4, -0.2) is 34.1 Å². The van der Waals surface area contributed by atoms with Gasteiger partial charge in [-0.25, -0.2) is 0 Å². The zero-order chi connectivity index (χ0) is 12.0. The molecule has 0 radical (unpaired) electrons. The summed E-state index contributed by atoms with van der Waals surface area (Å²) >= 11 is 0. The van der Waals surface area contributed by atoms with E-state index in [4.69, 9.17) is 0 Å². The van der Waals surface area contributed by atoms with Gasteiger partial charge >= 0.3 is 0 Å². The van der Waals surface area contributed by atoms with Gasteiger partial charge in [-0.05, 0) is 39.3 Å². The Hall–Kier alpha value is -0.870. The van der Waals surface area contributed by atoms with E-state index in [0.717, 1.165) is 31.5 Å². The SMILES string of the molecule is CCC(CO)(CCCn1ccc(C)n1)NC.